The molecule has 0 unspecified atom stereocenters. The van der Waals surface area contributed by atoms with Gasteiger partial charge >= 0.3 is 29.8 Å². The molecule has 0 fully saturated rings. The van der Waals surface area contributed by atoms with Crippen LogP contribution < -0.4 is 0 Å². The van der Waals surface area contributed by atoms with Gasteiger partial charge in [-0.1, -0.05) is 74.7 Å². The second kappa shape index (κ2) is 25.1. The lowest BCUT2D eigenvalue weighted by Crippen LogP contribution is -2.13. The number of nitro groups is 4. The molecule has 0 aliphatic rings. The van der Waals surface area contributed by atoms with E-state index in [0.29, 0.717) is 42.0 Å². The van der Waals surface area contributed by atoms with E-state index < -0.39 is 83.4 Å². The molecule has 0 spiro atoms. The van der Waals surface area contributed by atoms with Crippen molar-refractivity contribution < 1.29 is 77.7 Å². The highest BCUT2D eigenvalue weighted by molar-refractivity contribution is 5.94. The van der Waals surface area contributed by atoms with Crippen LogP contribution in [0.3, 0.4) is 0 Å². The van der Waals surface area contributed by atoms with Crippen LogP contribution in [0.2, 0.25) is 0 Å². The minimum atomic E-state index is -1.55. The Morgan fingerprint density at radius 3 is 1.30 bits per heavy atom. The average molecular weight is 843 g/mol. The van der Waals surface area contributed by atoms with E-state index in [1.54, 1.807) is 42.5 Å². The van der Waals surface area contributed by atoms with Crippen LogP contribution in [-0.4, -0.2) is 49.5 Å². The summed E-state index contributed by atoms with van der Waals surface area (Å²) in [6.45, 7) is 2.07. The highest BCUT2D eigenvalue weighted by Gasteiger charge is 2.25. The molecule has 0 saturated carbocycles. The number of nitro benzene ring substituents is 4. The maximum absolute atomic E-state index is 11.9. The zero-order chi connectivity index (χ0) is 44.6. The van der Waals surface area contributed by atoms with Crippen molar-refractivity contribution in [3.63, 3.8) is 0 Å². The summed E-state index contributed by atoms with van der Waals surface area (Å²) in [6.07, 6.45) is 4.18. The fourth-order valence-corrected chi connectivity index (χ4v) is 4.29. The fraction of sp³-hybridized carbons (Fsp3) is 0.194. The molecule has 0 aliphatic heterocycles. The Labute approximate surface area is 335 Å². The molecule has 23 nitrogen and oxygen atoms in total. The molecule has 0 radical (unpaired) electrons. The van der Waals surface area contributed by atoms with E-state index >= 15 is 0 Å². The van der Waals surface area contributed by atoms with Crippen LogP contribution in [0, 0.1) is 40.5 Å². The van der Waals surface area contributed by atoms with E-state index in [-0.39, 0.29) is 12.8 Å². The molecular weight excluding hydrogens is 811 g/mol. The summed E-state index contributed by atoms with van der Waals surface area (Å²) >= 11 is 0. The number of carbonyl (C=O) groups is 5. The number of halogens is 1. The molecule has 0 amide bonds. The van der Waals surface area contributed by atoms with E-state index in [2.05, 4.69) is 36.5 Å². The Hall–Kier alpha value is -8.28. The van der Waals surface area contributed by atoms with Crippen molar-refractivity contribution >= 4 is 52.6 Å². The van der Waals surface area contributed by atoms with E-state index in [4.69, 9.17) is 0 Å². The van der Waals surface area contributed by atoms with Gasteiger partial charge in [-0.3, -0.25) is 45.3 Å². The molecule has 316 valence electrons. The van der Waals surface area contributed by atoms with E-state index in [1.807, 2.05) is 18.2 Å². The zero-order valence-electron chi connectivity index (χ0n) is 30.9. The maximum atomic E-state index is 11.9. The molecule has 60 heavy (non-hydrogen) atoms. The van der Waals surface area contributed by atoms with Gasteiger partial charge < -0.3 is 0 Å². The van der Waals surface area contributed by atoms with Gasteiger partial charge in [0.1, 0.15) is 0 Å². The van der Waals surface area contributed by atoms with E-state index in [0.717, 1.165) is 31.2 Å². The number of rotatable bonds is 15. The first-order chi connectivity index (χ1) is 28.6. The topological polar surface area (TPSA) is 313 Å². The third-order valence-corrected chi connectivity index (χ3v) is 7.08. The predicted octanol–water partition coefficient (Wildman–Crippen LogP) is 7.11. The Morgan fingerprint density at radius 1 is 0.500 bits per heavy atom. The van der Waals surface area contributed by atoms with Crippen LogP contribution in [0.5, 0.6) is 0 Å². The molecule has 4 rings (SSSR count). The van der Waals surface area contributed by atoms with Crippen LogP contribution >= 0.6 is 0 Å². The van der Waals surface area contributed by atoms with Gasteiger partial charge in [-0.15, -0.1) is 0 Å². The Morgan fingerprint density at radius 2 is 0.900 bits per heavy atom. The molecule has 0 bridgehead atoms. The van der Waals surface area contributed by atoms with Gasteiger partial charge in [0.25, 0.3) is 22.7 Å². The normalized spacial score (nSPS) is 9.83. The number of nitrogens with zero attached hydrogens (tertiary/aromatic N) is 4. The van der Waals surface area contributed by atoms with Gasteiger partial charge in [-0.2, -0.15) is 0 Å². The fourth-order valence-electron chi connectivity index (χ4n) is 4.29. The second-order valence-electron chi connectivity index (χ2n) is 11.4. The number of hydrogen-bond acceptors (Lipinski definition) is 19. The summed E-state index contributed by atoms with van der Waals surface area (Å²) in [5.74, 6) is -5.05. The van der Waals surface area contributed by atoms with Gasteiger partial charge in [-0.05, 0) is 28.6 Å². The molecule has 0 saturated heterocycles. The molecular formula is C36H31FN4O19. The smallest absolute Gasteiger partial charge is 0.265 e. The molecule has 4 aromatic carbocycles. The number of carbonyl (C=O) groups excluding carboxylic acids is 5. The van der Waals surface area contributed by atoms with Crippen molar-refractivity contribution in [1.82, 2.24) is 0 Å². The third-order valence-electron chi connectivity index (χ3n) is 7.08. The monoisotopic (exact) mass is 842 g/mol. The maximum Gasteiger partial charge on any atom is 0.386 e. The van der Waals surface area contributed by atoms with Crippen LogP contribution in [0.1, 0.15) is 75.7 Å². The predicted molar refractivity (Wildman–Crippen MR) is 195 cm³/mol. The van der Waals surface area contributed by atoms with E-state index in [1.165, 1.54) is 0 Å². The lowest BCUT2D eigenvalue weighted by molar-refractivity contribution is -0.399. The molecule has 24 heteroatoms. The van der Waals surface area contributed by atoms with Crippen LogP contribution in [0.4, 0.5) is 27.3 Å². The number of non-ortho nitro benzene ring substituents is 4. The average Bonchev–Trinajstić information content (AvgIpc) is 3.24. The summed E-state index contributed by atoms with van der Waals surface area (Å²) in [5, 5.41) is 46.0. The zero-order valence-corrected chi connectivity index (χ0v) is 30.9. The first-order valence-corrected chi connectivity index (χ1v) is 16.9. The van der Waals surface area contributed by atoms with Crippen molar-refractivity contribution in [2.45, 2.75) is 45.4 Å². The van der Waals surface area contributed by atoms with Gasteiger partial charge in [0.05, 0.1) is 54.9 Å². The Bertz CT molecular complexity index is 2020. The quantitative estimate of drug-likeness (QED) is 0.0498. The summed E-state index contributed by atoms with van der Waals surface area (Å²) in [4.78, 5) is 117. The summed E-state index contributed by atoms with van der Waals surface area (Å²) < 4.78 is 10.9. The lowest BCUT2D eigenvalue weighted by Gasteiger charge is -2.04. The van der Waals surface area contributed by atoms with Crippen molar-refractivity contribution in [3.8, 4) is 0 Å². The van der Waals surface area contributed by atoms with Crippen LogP contribution in [0.15, 0.2) is 97.1 Å². The third kappa shape index (κ3) is 17.2. The Balaban J connectivity index is 0.000000351. The SMILES string of the molecule is CCCCCCC(=O)OOF.O=C(Cc1ccccc1)OOC(=O)c1ccccc1.O=C(OOC(=O)c1cc([N+](=O)[O-])cc([N+](=O)[O-])c1)c1cc([N+](=O)[O-])cc([N+](=O)[O-])c1. The summed E-state index contributed by atoms with van der Waals surface area (Å²) in [7, 11) is 0. The van der Waals surface area contributed by atoms with Gasteiger partial charge in [0.15, 0.2) is 0 Å². The van der Waals surface area contributed by atoms with Crippen LogP contribution in [-0.2, 0) is 45.5 Å². The minimum absolute atomic E-state index is 0.0584. The highest BCUT2D eigenvalue weighted by Crippen LogP contribution is 2.25. The van der Waals surface area contributed by atoms with Crippen LogP contribution in [0.25, 0.3) is 0 Å². The largest absolute Gasteiger partial charge is 0.386 e. The first kappa shape index (κ1) is 47.9. The molecule has 0 N–H and O–H groups in total. The standard InChI is InChI=1S/C15H12O4.C14H6N4O12.C7H13FO3/c16-14(11-12-7-3-1-4-8-12)18-19-15(17)13-9-5-2-6-10-13;19-13(7-1-9(15(21)22)5-10(2-7)16(23)24)29-30-14(20)8-3-11(17(25)26)6-12(4-8)18(27)28;1-2-3-4-5-6-7(9)10-11-8/h1-10H,11H2;1-6H;2-6H2,1H3. The molecule has 0 heterocycles. The molecule has 0 aromatic heterocycles. The number of hydrogen-bond donors (Lipinski definition) is 0. The van der Waals surface area contributed by atoms with Gasteiger partial charge in [-0.25, -0.2) is 43.5 Å². The molecule has 4 aromatic rings. The lowest BCUT2D eigenvalue weighted by atomic mass is 10.2. The van der Waals surface area contributed by atoms with E-state index in [9.17, 15) is 69.0 Å². The summed E-state index contributed by atoms with van der Waals surface area (Å²) in [5.41, 5.74) is -3.59. The van der Waals surface area contributed by atoms with Gasteiger partial charge in [0, 0.05) is 35.8 Å². The number of unbranched alkanes of at least 4 members (excludes halogenated alkanes) is 3. The Kier molecular flexibility index (Phi) is 20.0. The first-order valence-electron chi connectivity index (χ1n) is 16.9. The molecule has 0 aliphatic carbocycles. The summed E-state index contributed by atoms with van der Waals surface area (Å²) in [6, 6.07) is 21.0. The molecule has 0 atom stereocenters. The number of benzene rings is 4. The van der Waals surface area contributed by atoms with Crippen molar-refractivity contribution in [3.05, 3.63) is 160 Å². The highest BCUT2D eigenvalue weighted by atomic mass is 19.3. The van der Waals surface area contributed by atoms with Crippen molar-refractivity contribution in [2.24, 2.45) is 0 Å². The van der Waals surface area contributed by atoms with Gasteiger partial charge in [0.2, 0.25) is 0 Å². The van der Waals surface area contributed by atoms with Crippen molar-refractivity contribution in [2.75, 3.05) is 0 Å². The minimum Gasteiger partial charge on any atom is -0.265 e. The van der Waals surface area contributed by atoms with Crippen molar-refractivity contribution in [1.29, 1.82) is 0 Å². The second-order valence-corrected chi connectivity index (χ2v) is 11.4.